The summed E-state index contributed by atoms with van der Waals surface area (Å²) < 4.78 is 43.4. The van der Waals surface area contributed by atoms with Crippen molar-refractivity contribution in [3.63, 3.8) is 0 Å². The Bertz CT molecular complexity index is 659. The molecule has 27 heavy (non-hydrogen) atoms. The van der Waals surface area contributed by atoms with E-state index >= 15 is 0 Å². The summed E-state index contributed by atoms with van der Waals surface area (Å²) in [7, 11) is 0. The predicted octanol–water partition coefficient (Wildman–Crippen LogP) is 3.72. The number of nitrogens with one attached hydrogen (secondary N) is 1. The fourth-order valence-corrected chi connectivity index (χ4v) is 3.10. The van der Waals surface area contributed by atoms with Gasteiger partial charge in [0.2, 0.25) is 5.91 Å². The van der Waals surface area contributed by atoms with Crippen molar-refractivity contribution in [2.75, 3.05) is 19.6 Å². The van der Waals surface area contributed by atoms with E-state index < -0.39 is 11.7 Å². The third kappa shape index (κ3) is 6.36. The normalized spacial score (nSPS) is 22.2. The molecule has 1 saturated heterocycles. The number of amides is 1. The van der Waals surface area contributed by atoms with Crippen LogP contribution in [0.3, 0.4) is 0 Å². The zero-order chi connectivity index (χ0) is 20.2. The van der Waals surface area contributed by atoms with Gasteiger partial charge < -0.3 is 10.1 Å². The van der Waals surface area contributed by atoms with Crippen molar-refractivity contribution < 1.29 is 22.7 Å². The van der Waals surface area contributed by atoms with E-state index in [2.05, 4.69) is 24.1 Å². The maximum Gasteiger partial charge on any atom is 0.416 e. The van der Waals surface area contributed by atoms with Crippen molar-refractivity contribution in [2.45, 2.75) is 51.6 Å². The first kappa shape index (κ1) is 21.4. The quantitative estimate of drug-likeness (QED) is 0.787. The van der Waals surface area contributed by atoms with Crippen LogP contribution in [0.1, 0.15) is 38.8 Å². The number of carbonyl (C=O) groups is 1. The standard InChI is InChI=1S/C20H27F3N2O2/c1-14-11-25(12-15(2)27-14)19(3,4)13-24-18(26)10-7-16-5-8-17(9-6-16)20(21,22)23/h5-10,14-15H,11-13H2,1-4H3,(H,24,26)/b10-7+. The lowest BCUT2D eigenvalue weighted by atomic mass is 10.00. The molecule has 1 amide bonds. The molecular weight excluding hydrogens is 357 g/mol. The minimum Gasteiger partial charge on any atom is -0.373 e. The zero-order valence-electron chi connectivity index (χ0n) is 16.1. The average molecular weight is 384 g/mol. The summed E-state index contributed by atoms with van der Waals surface area (Å²) in [6.45, 7) is 10.3. The summed E-state index contributed by atoms with van der Waals surface area (Å²) >= 11 is 0. The van der Waals surface area contributed by atoms with Gasteiger partial charge in [-0.1, -0.05) is 12.1 Å². The van der Waals surface area contributed by atoms with Crippen LogP contribution in [-0.4, -0.2) is 48.2 Å². The molecule has 1 aromatic rings. The second kappa shape index (κ2) is 8.44. The number of ether oxygens (including phenoxy) is 1. The van der Waals surface area contributed by atoms with Crippen LogP contribution in [0.15, 0.2) is 30.3 Å². The summed E-state index contributed by atoms with van der Waals surface area (Å²) in [6, 6.07) is 4.68. The van der Waals surface area contributed by atoms with Gasteiger partial charge in [0.25, 0.3) is 0 Å². The van der Waals surface area contributed by atoms with E-state index in [1.807, 2.05) is 13.8 Å². The molecule has 1 heterocycles. The molecule has 0 radical (unpaired) electrons. The molecule has 4 nitrogen and oxygen atoms in total. The van der Waals surface area contributed by atoms with Crippen molar-refractivity contribution >= 4 is 12.0 Å². The Morgan fingerprint density at radius 2 is 1.74 bits per heavy atom. The second-order valence-electron chi connectivity index (χ2n) is 7.65. The Morgan fingerprint density at radius 1 is 1.19 bits per heavy atom. The topological polar surface area (TPSA) is 41.6 Å². The molecule has 150 valence electrons. The molecule has 2 unspecified atom stereocenters. The molecule has 1 aliphatic rings. The van der Waals surface area contributed by atoms with E-state index in [-0.39, 0.29) is 23.7 Å². The summed E-state index contributed by atoms with van der Waals surface area (Å²) in [5.74, 6) is -0.280. The number of nitrogens with zero attached hydrogens (tertiary/aromatic N) is 1. The fourth-order valence-electron chi connectivity index (χ4n) is 3.10. The lowest BCUT2D eigenvalue weighted by molar-refractivity contribution is -0.137. The van der Waals surface area contributed by atoms with Gasteiger partial charge in [-0.25, -0.2) is 0 Å². The Labute approximate surface area is 158 Å². The molecule has 1 fully saturated rings. The van der Waals surface area contributed by atoms with Crippen LogP contribution < -0.4 is 5.32 Å². The number of halogens is 3. The molecule has 0 spiro atoms. The third-order valence-electron chi connectivity index (χ3n) is 4.64. The molecule has 0 aromatic heterocycles. The third-order valence-corrected chi connectivity index (χ3v) is 4.64. The highest BCUT2D eigenvalue weighted by molar-refractivity contribution is 5.91. The highest BCUT2D eigenvalue weighted by Crippen LogP contribution is 2.29. The number of hydrogen-bond donors (Lipinski definition) is 1. The highest BCUT2D eigenvalue weighted by Gasteiger charge is 2.33. The minimum atomic E-state index is -4.36. The molecule has 1 N–H and O–H groups in total. The molecule has 7 heteroatoms. The lowest BCUT2D eigenvalue weighted by Gasteiger charge is -2.45. The van der Waals surface area contributed by atoms with Gasteiger partial charge in [0.05, 0.1) is 17.8 Å². The summed E-state index contributed by atoms with van der Waals surface area (Å²) in [6.07, 6.45) is -1.24. The number of benzene rings is 1. The van der Waals surface area contributed by atoms with Crippen LogP contribution in [0, 0.1) is 0 Å². The Morgan fingerprint density at radius 3 is 2.26 bits per heavy atom. The maximum absolute atomic E-state index is 12.6. The van der Waals surface area contributed by atoms with Crippen LogP contribution in [0.4, 0.5) is 13.2 Å². The average Bonchev–Trinajstić information content (AvgIpc) is 2.57. The van der Waals surface area contributed by atoms with Crippen LogP contribution in [0.25, 0.3) is 6.08 Å². The Hall–Kier alpha value is -1.86. The van der Waals surface area contributed by atoms with Crippen LogP contribution in [0.2, 0.25) is 0 Å². The summed E-state index contributed by atoms with van der Waals surface area (Å²) in [5.41, 5.74) is -0.405. The Balaban J connectivity index is 1.88. The van der Waals surface area contributed by atoms with Gasteiger partial charge in [-0.3, -0.25) is 9.69 Å². The van der Waals surface area contributed by atoms with E-state index in [0.29, 0.717) is 12.1 Å². The first-order chi connectivity index (χ1) is 12.5. The highest BCUT2D eigenvalue weighted by atomic mass is 19.4. The summed E-state index contributed by atoms with van der Waals surface area (Å²) in [5, 5.41) is 2.87. The van der Waals surface area contributed by atoms with Gasteiger partial charge in [0.15, 0.2) is 0 Å². The largest absolute Gasteiger partial charge is 0.416 e. The van der Waals surface area contributed by atoms with Crippen LogP contribution >= 0.6 is 0 Å². The van der Waals surface area contributed by atoms with Crippen LogP contribution in [0.5, 0.6) is 0 Å². The smallest absolute Gasteiger partial charge is 0.373 e. The molecule has 1 aromatic carbocycles. The molecule has 0 aliphatic carbocycles. The zero-order valence-corrected chi connectivity index (χ0v) is 16.1. The molecule has 1 aliphatic heterocycles. The predicted molar refractivity (Wildman–Crippen MR) is 99.1 cm³/mol. The van der Waals surface area contributed by atoms with Gasteiger partial charge in [-0.05, 0) is 51.5 Å². The van der Waals surface area contributed by atoms with E-state index in [1.165, 1.54) is 24.3 Å². The van der Waals surface area contributed by atoms with Crippen molar-refractivity contribution in [1.29, 1.82) is 0 Å². The van der Waals surface area contributed by atoms with E-state index in [0.717, 1.165) is 25.2 Å². The van der Waals surface area contributed by atoms with Gasteiger partial charge in [0, 0.05) is 31.2 Å². The first-order valence-electron chi connectivity index (χ1n) is 9.01. The van der Waals surface area contributed by atoms with E-state index in [9.17, 15) is 18.0 Å². The number of carbonyl (C=O) groups excluding carboxylic acids is 1. The molecule has 0 bridgehead atoms. The SMILES string of the molecule is CC1CN(C(C)(C)CNC(=O)/C=C/c2ccc(C(F)(F)F)cc2)CC(C)O1. The maximum atomic E-state index is 12.6. The van der Waals surface area contributed by atoms with Crippen molar-refractivity contribution in [3.8, 4) is 0 Å². The number of hydrogen-bond acceptors (Lipinski definition) is 3. The molecule has 2 rings (SSSR count). The minimum absolute atomic E-state index is 0.142. The van der Waals surface area contributed by atoms with Crippen molar-refractivity contribution in [1.82, 2.24) is 10.2 Å². The molecule has 2 atom stereocenters. The van der Waals surface area contributed by atoms with Crippen molar-refractivity contribution in [2.24, 2.45) is 0 Å². The van der Waals surface area contributed by atoms with E-state index in [4.69, 9.17) is 4.74 Å². The Kier molecular flexibility index (Phi) is 6.70. The second-order valence-corrected chi connectivity index (χ2v) is 7.65. The molecular formula is C20H27F3N2O2. The first-order valence-corrected chi connectivity index (χ1v) is 9.01. The lowest BCUT2D eigenvalue weighted by Crippen LogP contribution is -2.58. The van der Waals surface area contributed by atoms with Gasteiger partial charge >= 0.3 is 6.18 Å². The fraction of sp³-hybridized carbons (Fsp3) is 0.550. The van der Waals surface area contributed by atoms with Gasteiger partial charge in [-0.15, -0.1) is 0 Å². The number of rotatable bonds is 5. The summed E-state index contributed by atoms with van der Waals surface area (Å²) in [4.78, 5) is 14.4. The van der Waals surface area contributed by atoms with Gasteiger partial charge in [0.1, 0.15) is 0 Å². The van der Waals surface area contributed by atoms with Gasteiger partial charge in [-0.2, -0.15) is 13.2 Å². The van der Waals surface area contributed by atoms with E-state index in [1.54, 1.807) is 0 Å². The number of alkyl halides is 3. The molecule has 0 saturated carbocycles. The number of morpholine rings is 1. The van der Waals surface area contributed by atoms with Crippen molar-refractivity contribution in [3.05, 3.63) is 41.5 Å². The monoisotopic (exact) mass is 384 g/mol. The van der Waals surface area contributed by atoms with Crippen LogP contribution in [-0.2, 0) is 15.7 Å².